The van der Waals surface area contributed by atoms with E-state index in [1.807, 2.05) is 13.8 Å². The molecule has 0 bridgehead atoms. The third-order valence-electron chi connectivity index (χ3n) is 0.804. The maximum atomic E-state index is 10.8. The van der Waals surface area contributed by atoms with Gasteiger partial charge in [-0.2, -0.15) is 0 Å². The molecular weight excluding hydrogens is 144 g/mol. The summed E-state index contributed by atoms with van der Waals surface area (Å²) >= 11 is 5.35. The molecule has 0 saturated heterocycles. The molecule has 0 spiro atoms. The van der Waals surface area contributed by atoms with E-state index in [0.29, 0.717) is 11.6 Å². The molecule has 0 heterocycles. The van der Waals surface area contributed by atoms with E-state index in [-0.39, 0.29) is 5.25 Å². The van der Waals surface area contributed by atoms with Crippen LogP contribution < -0.4 is 0 Å². The van der Waals surface area contributed by atoms with Gasteiger partial charge in [0.15, 0.2) is 0 Å². The van der Waals surface area contributed by atoms with Crippen molar-refractivity contribution in [3.8, 4) is 0 Å². The van der Waals surface area contributed by atoms with Crippen molar-refractivity contribution in [3.05, 3.63) is 0 Å². The minimum atomic E-state index is -0.704. The van der Waals surface area contributed by atoms with E-state index in [0.717, 1.165) is 0 Å². The lowest BCUT2D eigenvalue weighted by Gasteiger charge is -2.00. The van der Waals surface area contributed by atoms with Crippen LogP contribution in [0.4, 0.5) is 0 Å². The second-order valence-electron chi connectivity index (χ2n) is 1.82. The van der Waals surface area contributed by atoms with Gasteiger partial charge in [0, 0.05) is 27.7 Å². The molecule has 0 fully saturated rings. The Morgan fingerprint density at radius 1 is 1.62 bits per heavy atom. The van der Waals surface area contributed by atoms with Gasteiger partial charge in [0.2, 0.25) is 0 Å². The molecule has 50 valence electrons. The van der Waals surface area contributed by atoms with Crippen LogP contribution in [-0.4, -0.2) is 21.1 Å². The molecule has 0 aliphatic heterocycles. The van der Waals surface area contributed by atoms with Gasteiger partial charge in [-0.15, -0.1) is 11.6 Å². The van der Waals surface area contributed by atoms with E-state index >= 15 is 0 Å². The molecule has 0 aromatic rings. The monoisotopic (exact) mass is 154 g/mol. The average Bonchev–Trinajstić information content (AvgIpc) is 1.67. The standard InChI is InChI=1S/C5H11ClOS/c1-5(2)8(7)4-3-6/h5H,3-4H2,1-2H3. The highest BCUT2D eigenvalue weighted by Gasteiger charge is 2.01. The van der Waals surface area contributed by atoms with E-state index in [9.17, 15) is 4.21 Å². The van der Waals surface area contributed by atoms with Crippen molar-refractivity contribution in [2.45, 2.75) is 19.1 Å². The van der Waals surface area contributed by atoms with Crippen molar-refractivity contribution >= 4 is 22.4 Å². The molecule has 1 atom stereocenters. The van der Waals surface area contributed by atoms with Crippen molar-refractivity contribution in [1.29, 1.82) is 0 Å². The van der Waals surface area contributed by atoms with Crippen LogP contribution in [0.2, 0.25) is 0 Å². The first-order valence-corrected chi connectivity index (χ1v) is 4.53. The summed E-state index contributed by atoms with van der Waals surface area (Å²) < 4.78 is 10.8. The predicted molar refractivity (Wildman–Crippen MR) is 38.9 cm³/mol. The third kappa shape index (κ3) is 3.44. The molecular formula is C5H11ClOS. The van der Waals surface area contributed by atoms with Crippen molar-refractivity contribution in [1.82, 2.24) is 0 Å². The molecule has 0 N–H and O–H groups in total. The fraction of sp³-hybridized carbons (Fsp3) is 1.00. The van der Waals surface area contributed by atoms with Crippen LogP contribution in [0.3, 0.4) is 0 Å². The summed E-state index contributed by atoms with van der Waals surface area (Å²) in [6.45, 7) is 3.87. The largest absolute Gasteiger partial charge is 0.259 e. The van der Waals surface area contributed by atoms with E-state index in [1.54, 1.807) is 0 Å². The SMILES string of the molecule is CC(C)S(=O)CCCl. The van der Waals surface area contributed by atoms with E-state index in [4.69, 9.17) is 11.6 Å². The Bertz CT molecular complexity index is 82.5. The zero-order valence-corrected chi connectivity index (χ0v) is 6.76. The van der Waals surface area contributed by atoms with Crippen LogP contribution in [-0.2, 0) is 10.8 Å². The fourth-order valence-corrected chi connectivity index (χ4v) is 1.39. The molecule has 0 rings (SSSR count). The van der Waals surface area contributed by atoms with Crippen LogP contribution in [0.25, 0.3) is 0 Å². The molecule has 0 aliphatic carbocycles. The van der Waals surface area contributed by atoms with Crippen LogP contribution in [0.1, 0.15) is 13.8 Å². The van der Waals surface area contributed by atoms with Crippen LogP contribution in [0.5, 0.6) is 0 Å². The Hall–Kier alpha value is 0.440. The van der Waals surface area contributed by atoms with Crippen molar-refractivity contribution in [3.63, 3.8) is 0 Å². The van der Waals surface area contributed by atoms with Crippen LogP contribution >= 0.6 is 11.6 Å². The van der Waals surface area contributed by atoms with E-state index in [1.165, 1.54) is 0 Å². The molecule has 3 heteroatoms. The van der Waals surface area contributed by atoms with Gasteiger partial charge in [-0.3, -0.25) is 4.21 Å². The van der Waals surface area contributed by atoms with Gasteiger partial charge in [0.25, 0.3) is 0 Å². The van der Waals surface area contributed by atoms with Crippen LogP contribution in [0.15, 0.2) is 0 Å². The smallest absolute Gasteiger partial charge is 0.0373 e. The lowest BCUT2D eigenvalue weighted by Crippen LogP contribution is -2.09. The maximum Gasteiger partial charge on any atom is 0.0373 e. The van der Waals surface area contributed by atoms with E-state index in [2.05, 4.69) is 0 Å². The summed E-state index contributed by atoms with van der Waals surface area (Å²) in [5.41, 5.74) is 0. The van der Waals surface area contributed by atoms with Gasteiger partial charge in [0.05, 0.1) is 0 Å². The van der Waals surface area contributed by atoms with Crippen molar-refractivity contribution in [2.24, 2.45) is 0 Å². The number of alkyl halides is 1. The minimum Gasteiger partial charge on any atom is -0.259 e. The summed E-state index contributed by atoms with van der Waals surface area (Å²) in [5.74, 6) is 1.13. The maximum absolute atomic E-state index is 10.8. The highest BCUT2D eigenvalue weighted by molar-refractivity contribution is 7.85. The number of rotatable bonds is 3. The second kappa shape index (κ2) is 4.33. The summed E-state index contributed by atoms with van der Waals surface area (Å²) in [6, 6.07) is 0. The first-order chi connectivity index (χ1) is 3.68. The van der Waals surface area contributed by atoms with Gasteiger partial charge in [-0.05, 0) is 0 Å². The Kier molecular flexibility index (Phi) is 4.57. The first kappa shape index (κ1) is 8.44. The summed E-state index contributed by atoms with van der Waals surface area (Å²) in [6.07, 6.45) is 0. The Morgan fingerprint density at radius 3 is 2.25 bits per heavy atom. The zero-order valence-electron chi connectivity index (χ0n) is 5.19. The summed E-state index contributed by atoms with van der Waals surface area (Å²) in [4.78, 5) is 0. The van der Waals surface area contributed by atoms with Crippen molar-refractivity contribution < 1.29 is 4.21 Å². The summed E-state index contributed by atoms with van der Waals surface area (Å²) in [7, 11) is -0.704. The summed E-state index contributed by atoms with van der Waals surface area (Å²) in [5, 5.41) is 0.258. The Labute approximate surface area is 57.9 Å². The lowest BCUT2D eigenvalue weighted by atomic mass is 10.6. The number of halogens is 1. The predicted octanol–water partition coefficient (Wildman–Crippen LogP) is 1.38. The van der Waals surface area contributed by atoms with Gasteiger partial charge >= 0.3 is 0 Å². The molecule has 0 radical (unpaired) electrons. The lowest BCUT2D eigenvalue weighted by molar-refractivity contribution is 0.677. The molecule has 1 unspecified atom stereocenters. The average molecular weight is 155 g/mol. The second-order valence-corrected chi connectivity index (χ2v) is 4.31. The molecule has 0 aliphatic rings. The third-order valence-corrected chi connectivity index (χ3v) is 2.88. The van der Waals surface area contributed by atoms with Gasteiger partial charge in [-0.25, -0.2) is 0 Å². The van der Waals surface area contributed by atoms with Crippen molar-refractivity contribution in [2.75, 3.05) is 11.6 Å². The number of hydrogen-bond acceptors (Lipinski definition) is 1. The highest BCUT2D eigenvalue weighted by Crippen LogP contribution is 1.93. The minimum absolute atomic E-state index is 0.258. The molecule has 8 heavy (non-hydrogen) atoms. The Morgan fingerprint density at radius 2 is 2.12 bits per heavy atom. The van der Waals surface area contributed by atoms with Gasteiger partial charge in [-0.1, -0.05) is 13.8 Å². The molecule has 0 amide bonds. The quantitative estimate of drug-likeness (QED) is 0.562. The van der Waals surface area contributed by atoms with Crippen LogP contribution in [0, 0.1) is 0 Å². The van der Waals surface area contributed by atoms with Gasteiger partial charge in [0.1, 0.15) is 0 Å². The molecule has 0 aromatic heterocycles. The molecule has 1 nitrogen and oxygen atoms in total. The van der Waals surface area contributed by atoms with Gasteiger partial charge < -0.3 is 0 Å². The first-order valence-electron chi connectivity index (χ1n) is 2.61. The fourth-order valence-electron chi connectivity index (χ4n) is 0.312. The normalized spacial score (nSPS) is 14.5. The number of hydrogen-bond donors (Lipinski definition) is 0. The zero-order chi connectivity index (χ0) is 6.57. The topological polar surface area (TPSA) is 17.1 Å². The Balaban J connectivity index is 3.33. The molecule has 0 saturated carbocycles. The molecule has 0 aromatic carbocycles. The van der Waals surface area contributed by atoms with E-state index < -0.39 is 10.8 Å². The highest BCUT2D eigenvalue weighted by atomic mass is 35.5.